The number of esters is 1. The van der Waals surface area contributed by atoms with Crippen LogP contribution in [0.4, 0.5) is 0 Å². The maximum atomic E-state index is 12.3. The molecule has 1 aliphatic carbocycles. The van der Waals surface area contributed by atoms with Gasteiger partial charge in [-0.1, -0.05) is 19.3 Å². The van der Waals surface area contributed by atoms with Crippen molar-refractivity contribution in [1.82, 2.24) is 5.32 Å². The molecule has 1 aliphatic rings. The zero-order valence-corrected chi connectivity index (χ0v) is 16.0. The van der Waals surface area contributed by atoms with Crippen molar-refractivity contribution in [2.45, 2.75) is 46.0 Å². The molecular weight excluding hydrogens is 346 g/mol. The van der Waals surface area contributed by atoms with Gasteiger partial charge in [-0.3, -0.25) is 4.79 Å². The van der Waals surface area contributed by atoms with E-state index >= 15 is 0 Å². The minimum atomic E-state index is -0.630. The lowest BCUT2D eigenvalue weighted by molar-refractivity contribution is -0.124. The maximum absolute atomic E-state index is 12.3. The van der Waals surface area contributed by atoms with Crippen LogP contribution in [0.15, 0.2) is 22.6 Å². The number of benzene rings is 1. The highest BCUT2D eigenvalue weighted by Gasteiger charge is 2.21. The Hall–Kier alpha value is -2.50. The standard InChI is InChI=1S/C21H27NO5/c1-3-25-16-9-10-18-17(11-16)14(2)20(27-18)21(24)26-13-19(23)22-12-15-7-5-4-6-8-15/h9-11,15H,3-8,12-13H2,1-2H3,(H,22,23). The summed E-state index contributed by atoms with van der Waals surface area (Å²) in [5.74, 6) is 0.473. The summed E-state index contributed by atoms with van der Waals surface area (Å²) in [7, 11) is 0. The van der Waals surface area contributed by atoms with Gasteiger partial charge in [0.2, 0.25) is 5.76 Å². The van der Waals surface area contributed by atoms with E-state index in [9.17, 15) is 9.59 Å². The topological polar surface area (TPSA) is 77.8 Å². The third kappa shape index (κ3) is 4.81. The molecule has 0 aliphatic heterocycles. The smallest absolute Gasteiger partial charge is 0.375 e. The molecule has 1 saturated carbocycles. The average molecular weight is 373 g/mol. The van der Waals surface area contributed by atoms with Crippen LogP contribution < -0.4 is 10.1 Å². The first-order valence-electron chi connectivity index (χ1n) is 9.68. The van der Waals surface area contributed by atoms with E-state index in [0.29, 0.717) is 30.2 Å². The van der Waals surface area contributed by atoms with E-state index in [1.165, 1.54) is 19.3 Å². The molecule has 146 valence electrons. The van der Waals surface area contributed by atoms with E-state index in [1.54, 1.807) is 19.1 Å². The number of hydrogen-bond acceptors (Lipinski definition) is 5. The number of hydrogen-bond donors (Lipinski definition) is 1. The Kier molecular flexibility index (Phi) is 6.37. The van der Waals surface area contributed by atoms with Crippen LogP contribution in [0.1, 0.15) is 55.1 Å². The second kappa shape index (κ2) is 8.93. The van der Waals surface area contributed by atoms with Gasteiger partial charge in [0.05, 0.1) is 6.61 Å². The van der Waals surface area contributed by atoms with Crippen LogP contribution in [0.5, 0.6) is 5.75 Å². The molecule has 0 atom stereocenters. The summed E-state index contributed by atoms with van der Waals surface area (Å²) in [6.45, 7) is 4.62. The number of ether oxygens (including phenoxy) is 2. The molecule has 2 aromatic rings. The normalized spacial score (nSPS) is 14.9. The Morgan fingerprint density at radius 2 is 2.00 bits per heavy atom. The van der Waals surface area contributed by atoms with Gasteiger partial charge in [0.15, 0.2) is 6.61 Å². The summed E-state index contributed by atoms with van der Waals surface area (Å²) < 4.78 is 16.2. The molecule has 27 heavy (non-hydrogen) atoms. The second-order valence-electron chi connectivity index (χ2n) is 7.03. The van der Waals surface area contributed by atoms with Crippen molar-refractivity contribution in [3.63, 3.8) is 0 Å². The number of furan rings is 1. The summed E-state index contributed by atoms with van der Waals surface area (Å²) in [6.07, 6.45) is 6.05. The summed E-state index contributed by atoms with van der Waals surface area (Å²) in [6, 6.07) is 5.40. The van der Waals surface area contributed by atoms with Gasteiger partial charge in [-0.2, -0.15) is 0 Å². The number of fused-ring (bicyclic) bond motifs is 1. The first-order chi connectivity index (χ1) is 13.1. The Morgan fingerprint density at radius 1 is 1.22 bits per heavy atom. The molecule has 6 heteroatoms. The molecule has 0 radical (unpaired) electrons. The first kappa shape index (κ1) is 19.3. The van der Waals surface area contributed by atoms with Crippen LogP contribution in [-0.4, -0.2) is 31.6 Å². The molecule has 1 fully saturated rings. The van der Waals surface area contributed by atoms with Crippen molar-refractivity contribution >= 4 is 22.8 Å². The fourth-order valence-electron chi connectivity index (χ4n) is 3.55. The van der Waals surface area contributed by atoms with Crippen LogP contribution in [0.25, 0.3) is 11.0 Å². The average Bonchev–Trinajstić information content (AvgIpc) is 3.02. The number of rotatable bonds is 7. The minimum Gasteiger partial charge on any atom is -0.494 e. The SMILES string of the molecule is CCOc1ccc2oc(C(=O)OCC(=O)NCC3CCCCC3)c(C)c2c1. The first-order valence-corrected chi connectivity index (χ1v) is 9.68. The van der Waals surface area contributed by atoms with E-state index in [1.807, 2.05) is 13.0 Å². The van der Waals surface area contributed by atoms with Crippen LogP contribution in [0.2, 0.25) is 0 Å². The minimum absolute atomic E-state index is 0.124. The van der Waals surface area contributed by atoms with Gasteiger partial charge in [0.1, 0.15) is 11.3 Å². The molecular formula is C21H27NO5. The lowest BCUT2D eigenvalue weighted by Gasteiger charge is -2.21. The largest absolute Gasteiger partial charge is 0.494 e. The highest BCUT2D eigenvalue weighted by atomic mass is 16.5. The molecule has 1 aromatic carbocycles. The van der Waals surface area contributed by atoms with Gasteiger partial charge in [-0.05, 0) is 50.8 Å². The molecule has 0 saturated heterocycles. The van der Waals surface area contributed by atoms with Gasteiger partial charge in [-0.25, -0.2) is 4.79 Å². The Balaban J connectivity index is 1.55. The number of amides is 1. The zero-order chi connectivity index (χ0) is 19.2. The zero-order valence-electron chi connectivity index (χ0n) is 16.0. The van der Waals surface area contributed by atoms with Gasteiger partial charge < -0.3 is 19.2 Å². The van der Waals surface area contributed by atoms with E-state index in [4.69, 9.17) is 13.9 Å². The van der Waals surface area contributed by atoms with Gasteiger partial charge >= 0.3 is 5.97 Å². The molecule has 0 unspecified atom stereocenters. The van der Waals surface area contributed by atoms with Gasteiger partial charge in [-0.15, -0.1) is 0 Å². The molecule has 3 rings (SSSR count). The van der Waals surface area contributed by atoms with Crippen molar-refractivity contribution < 1.29 is 23.5 Å². The van der Waals surface area contributed by atoms with Crippen LogP contribution in [0.3, 0.4) is 0 Å². The third-order valence-electron chi connectivity index (χ3n) is 5.05. The van der Waals surface area contributed by atoms with Crippen molar-refractivity contribution in [3.8, 4) is 5.75 Å². The second-order valence-corrected chi connectivity index (χ2v) is 7.03. The third-order valence-corrected chi connectivity index (χ3v) is 5.05. The van der Waals surface area contributed by atoms with Crippen molar-refractivity contribution in [3.05, 3.63) is 29.5 Å². The predicted molar refractivity (Wildman–Crippen MR) is 102 cm³/mol. The summed E-state index contributed by atoms with van der Waals surface area (Å²) in [5, 5.41) is 3.66. The van der Waals surface area contributed by atoms with Crippen LogP contribution in [0, 0.1) is 12.8 Å². The monoisotopic (exact) mass is 373 g/mol. The summed E-state index contributed by atoms with van der Waals surface area (Å²) >= 11 is 0. The molecule has 0 spiro atoms. The fraction of sp³-hybridized carbons (Fsp3) is 0.524. The van der Waals surface area contributed by atoms with E-state index in [2.05, 4.69) is 5.32 Å². The number of aryl methyl sites for hydroxylation is 1. The predicted octanol–water partition coefficient (Wildman–Crippen LogP) is 3.99. The Morgan fingerprint density at radius 3 is 2.74 bits per heavy atom. The van der Waals surface area contributed by atoms with Crippen LogP contribution in [-0.2, 0) is 9.53 Å². The van der Waals surface area contributed by atoms with E-state index in [-0.39, 0.29) is 18.3 Å². The highest BCUT2D eigenvalue weighted by Crippen LogP contribution is 2.29. The Bertz CT molecular complexity index is 804. The van der Waals surface area contributed by atoms with E-state index < -0.39 is 5.97 Å². The van der Waals surface area contributed by atoms with Crippen molar-refractivity contribution in [1.29, 1.82) is 0 Å². The van der Waals surface area contributed by atoms with Crippen molar-refractivity contribution in [2.75, 3.05) is 19.8 Å². The van der Waals surface area contributed by atoms with Gasteiger partial charge in [0.25, 0.3) is 5.91 Å². The Labute approximate surface area is 159 Å². The molecule has 1 N–H and O–H groups in total. The number of nitrogens with one attached hydrogen (secondary N) is 1. The fourth-order valence-corrected chi connectivity index (χ4v) is 3.55. The molecule has 1 heterocycles. The quantitative estimate of drug-likeness (QED) is 0.743. The molecule has 1 aromatic heterocycles. The van der Waals surface area contributed by atoms with E-state index in [0.717, 1.165) is 24.0 Å². The number of carbonyl (C=O) groups excluding carboxylic acids is 2. The molecule has 0 bridgehead atoms. The molecule has 1 amide bonds. The summed E-state index contributed by atoms with van der Waals surface area (Å²) in [4.78, 5) is 24.3. The number of carbonyl (C=O) groups is 2. The lowest BCUT2D eigenvalue weighted by atomic mass is 9.89. The van der Waals surface area contributed by atoms with Gasteiger partial charge in [0, 0.05) is 17.5 Å². The molecule has 6 nitrogen and oxygen atoms in total. The van der Waals surface area contributed by atoms with Crippen LogP contribution >= 0.6 is 0 Å². The summed E-state index contributed by atoms with van der Waals surface area (Å²) in [5.41, 5.74) is 1.27. The maximum Gasteiger partial charge on any atom is 0.375 e. The van der Waals surface area contributed by atoms with Crippen molar-refractivity contribution in [2.24, 2.45) is 5.92 Å². The lowest BCUT2D eigenvalue weighted by Crippen LogP contribution is -2.33. The highest BCUT2D eigenvalue weighted by molar-refractivity contribution is 5.97.